The van der Waals surface area contributed by atoms with E-state index in [9.17, 15) is 0 Å². The molecule has 3 aromatic heterocycles. The summed E-state index contributed by atoms with van der Waals surface area (Å²) < 4.78 is 8.16. The van der Waals surface area contributed by atoms with E-state index in [-0.39, 0.29) is 6.10 Å². The van der Waals surface area contributed by atoms with Crippen molar-refractivity contribution < 1.29 is 4.74 Å². The van der Waals surface area contributed by atoms with Crippen LogP contribution in [0.25, 0.3) is 22.3 Å². The van der Waals surface area contributed by atoms with Crippen molar-refractivity contribution in [2.24, 2.45) is 7.05 Å². The SMILES string of the molecule is CNc1nc(Nc2ccc(OC3CCN(C(C)C)CC3)cc2)cnc1-c1cncc2c1ncn2C. The number of hydrogen-bond acceptors (Lipinski definition) is 8. The predicted molar refractivity (Wildman–Crippen MR) is 139 cm³/mol. The van der Waals surface area contributed by atoms with Crippen molar-refractivity contribution in [2.45, 2.75) is 38.8 Å². The summed E-state index contributed by atoms with van der Waals surface area (Å²) in [6, 6.07) is 8.62. The highest BCUT2D eigenvalue weighted by molar-refractivity contribution is 5.93. The molecule has 1 aromatic carbocycles. The molecule has 1 saturated heterocycles. The molecule has 0 aliphatic carbocycles. The smallest absolute Gasteiger partial charge is 0.154 e. The first-order valence-corrected chi connectivity index (χ1v) is 12.1. The van der Waals surface area contributed by atoms with E-state index in [1.807, 2.05) is 42.9 Å². The Morgan fingerprint density at radius 2 is 1.80 bits per heavy atom. The molecule has 1 aliphatic heterocycles. The van der Waals surface area contributed by atoms with Gasteiger partial charge >= 0.3 is 0 Å². The van der Waals surface area contributed by atoms with Crippen LogP contribution in [-0.4, -0.2) is 61.7 Å². The maximum Gasteiger partial charge on any atom is 0.154 e. The Hall–Kier alpha value is -3.72. The van der Waals surface area contributed by atoms with Crippen molar-refractivity contribution in [2.75, 3.05) is 30.8 Å². The van der Waals surface area contributed by atoms with Crippen molar-refractivity contribution in [3.8, 4) is 17.0 Å². The number of rotatable bonds is 7. The summed E-state index contributed by atoms with van der Waals surface area (Å²) in [6.07, 6.45) is 9.49. The lowest BCUT2D eigenvalue weighted by atomic mass is 10.1. The van der Waals surface area contributed by atoms with E-state index in [4.69, 9.17) is 9.72 Å². The Labute approximate surface area is 205 Å². The lowest BCUT2D eigenvalue weighted by Crippen LogP contribution is -2.41. The molecule has 0 unspecified atom stereocenters. The molecule has 35 heavy (non-hydrogen) atoms. The van der Waals surface area contributed by atoms with Crippen molar-refractivity contribution in [3.05, 3.63) is 49.2 Å². The predicted octanol–water partition coefficient (Wildman–Crippen LogP) is 4.46. The van der Waals surface area contributed by atoms with E-state index in [1.165, 1.54) is 0 Å². The fourth-order valence-electron chi connectivity index (χ4n) is 4.50. The normalized spacial score (nSPS) is 15.0. The van der Waals surface area contributed by atoms with Gasteiger partial charge in [-0.2, -0.15) is 0 Å². The fourth-order valence-corrected chi connectivity index (χ4v) is 4.50. The van der Waals surface area contributed by atoms with Crippen LogP contribution in [0.4, 0.5) is 17.3 Å². The first-order chi connectivity index (χ1) is 17.0. The summed E-state index contributed by atoms with van der Waals surface area (Å²) >= 11 is 0. The largest absolute Gasteiger partial charge is 0.490 e. The van der Waals surface area contributed by atoms with Crippen molar-refractivity contribution in [1.29, 1.82) is 0 Å². The van der Waals surface area contributed by atoms with Crippen LogP contribution in [0.1, 0.15) is 26.7 Å². The number of aryl methyl sites for hydroxylation is 1. The third kappa shape index (κ3) is 4.90. The zero-order valence-corrected chi connectivity index (χ0v) is 20.7. The second kappa shape index (κ2) is 9.87. The standard InChI is InChI=1S/C26H32N8O/c1-17(2)34-11-9-20(10-12-34)35-19-7-5-18(6-8-19)31-23-15-29-25(26(27-3)32-23)21-13-28-14-22-24(21)30-16-33(22)4/h5-8,13-17,20H,9-12H2,1-4H3,(H2,27,31,32). The number of imidazole rings is 1. The highest BCUT2D eigenvalue weighted by atomic mass is 16.5. The van der Waals surface area contributed by atoms with Crippen molar-refractivity contribution in [1.82, 2.24) is 29.4 Å². The molecule has 1 aliphatic rings. The number of benzene rings is 1. The molecule has 5 rings (SSSR count). The average molecular weight is 473 g/mol. The second-order valence-electron chi connectivity index (χ2n) is 9.21. The van der Waals surface area contributed by atoms with Crippen LogP contribution in [0.15, 0.2) is 49.2 Å². The molecular weight excluding hydrogens is 440 g/mol. The van der Waals surface area contributed by atoms with E-state index < -0.39 is 0 Å². The molecular formula is C26H32N8O. The lowest BCUT2D eigenvalue weighted by Gasteiger charge is -2.34. The van der Waals surface area contributed by atoms with Crippen LogP contribution in [0, 0.1) is 0 Å². The molecule has 0 amide bonds. The quantitative estimate of drug-likeness (QED) is 0.407. The highest BCUT2D eigenvalue weighted by Crippen LogP contribution is 2.31. The maximum atomic E-state index is 6.22. The number of piperidine rings is 1. The summed E-state index contributed by atoms with van der Waals surface area (Å²) in [7, 11) is 3.78. The number of nitrogens with one attached hydrogen (secondary N) is 2. The van der Waals surface area contributed by atoms with Gasteiger partial charge in [0.1, 0.15) is 23.1 Å². The van der Waals surface area contributed by atoms with Crippen molar-refractivity contribution in [3.63, 3.8) is 0 Å². The lowest BCUT2D eigenvalue weighted by molar-refractivity contribution is 0.0843. The van der Waals surface area contributed by atoms with E-state index in [2.05, 4.69) is 44.3 Å². The number of anilines is 3. The Morgan fingerprint density at radius 1 is 1.03 bits per heavy atom. The van der Waals surface area contributed by atoms with Gasteiger partial charge in [0.05, 0.1) is 29.8 Å². The van der Waals surface area contributed by atoms with Crippen LogP contribution in [-0.2, 0) is 7.05 Å². The zero-order valence-electron chi connectivity index (χ0n) is 20.7. The molecule has 9 heteroatoms. The Kier molecular flexibility index (Phi) is 6.50. The minimum Gasteiger partial charge on any atom is -0.490 e. The third-order valence-corrected chi connectivity index (χ3v) is 6.54. The number of aromatic nitrogens is 5. The van der Waals surface area contributed by atoms with E-state index >= 15 is 0 Å². The molecule has 2 N–H and O–H groups in total. The van der Waals surface area contributed by atoms with Gasteiger partial charge in [0.15, 0.2) is 11.6 Å². The van der Waals surface area contributed by atoms with Crippen LogP contribution in [0.5, 0.6) is 5.75 Å². The maximum absolute atomic E-state index is 6.22. The van der Waals surface area contributed by atoms with Gasteiger partial charge in [-0.1, -0.05) is 0 Å². The van der Waals surface area contributed by atoms with Gasteiger partial charge in [-0.05, 0) is 51.0 Å². The van der Waals surface area contributed by atoms with E-state index in [1.54, 1.807) is 24.9 Å². The van der Waals surface area contributed by atoms with Gasteiger partial charge < -0.3 is 24.8 Å². The molecule has 0 radical (unpaired) electrons. The molecule has 182 valence electrons. The van der Waals surface area contributed by atoms with Gasteiger partial charge in [-0.25, -0.2) is 15.0 Å². The molecule has 9 nitrogen and oxygen atoms in total. The Bertz CT molecular complexity index is 1290. The third-order valence-electron chi connectivity index (χ3n) is 6.54. The highest BCUT2D eigenvalue weighted by Gasteiger charge is 2.22. The van der Waals surface area contributed by atoms with Crippen LogP contribution >= 0.6 is 0 Å². The number of likely N-dealkylation sites (tertiary alicyclic amines) is 1. The Morgan fingerprint density at radius 3 is 2.51 bits per heavy atom. The van der Waals surface area contributed by atoms with Gasteiger partial charge in [-0.3, -0.25) is 4.98 Å². The molecule has 4 aromatic rings. The van der Waals surface area contributed by atoms with Crippen LogP contribution in [0.2, 0.25) is 0 Å². The van der Waals surface area contributed by atoms with Gasteiger partial charge in [0, 0.05) is 45.1 Å². The summed E-state index contributed by atoms with van der Waals surface area (Å²) in [5.74, 6) is 2.20. The second-order valence-corrected chi connectivity index (χ2v) is 9.21. The summed E-state index contributed by atoms with van der Waals surface area (Å²) in [5.41, 5.74) is 4.26. The Balaban J connectivity index is 1.27. The minimum absolute atomic E-state index is 0.276. The molecule has 4 heterocycles. The van der Waals surface area contributed by atoms with Gasteiger partial charge in [0.2, 0.25) is 0 Å². The average Bonchev–Trinajstić information content (AvgIpc) is 3.26. The molecule has 0 spiro atoms. The summed E-state index contributed by atoms with van der Waals surface area (Å²) in [6.45, 7) is 6.69. The number of ether oxygens (including phenoxy) is 1. The molecule has 0 atom stereocenters. The van der Waals surface area contributed by atoms with Gasteiger partial charge in [0.25, 0.3) is 0 Å². The van der Waals surface area contributed by atoms with E-state index in [0.29, 0.717) is 23.4 Å². The molecule has 0 saturated carbocycles. The van der Waals surface area contributed by atoms with Gasteiger partial charge in [-0.15, -0.1) is 0 Å². The first-order valence-electron chi connectivity index (χ1n) is 12.1. The zero-order chi connectivity index (χ0) is 24.4. The topological polar surface area (TPSA) is 93.0 Å². The number of pyridine rings is 1. The molecule has 0 bridgehead atoms. The number of fused-ring (bicyclic) bond motifs is 1. The fraction of sp³-hybridized carbons (Fsp3) is 0.385. The number of hydrogen-bond donors (Lipinski definition) is 2. The molecule has 1 fully saturated rings. The van der Waals surface area contributed by atoms with Crippen LogP contribution < -0.4 is 15.4 Å². The van der Waals surface area contributed by atoms with E-state index in [0.717, 1.165) is 54.0 Å². The van der Waals surface area contributed by atoms with Crippen LogP contribution in [0.3, 0.4) is 0 Å². The minimum atomic E-state index is 0.276. The number of nitrogens with zero attached hydrogens (tertiary/aromatic N) is 6. The van der Waals surface area contributed by atoms with Crippen molar-refractivity contribution >= 4 is 28.4 Å². The summed E-state index contributed by atoms with van der Waals surface area (Å²) in [4.78, 5) is 20.8. The summed E-state index contributed by atoms with van der Waals surface area (Å²) in [5, 5.41) is 6.49. The monoisotopic (exact) mass is 472 g/mol. The first kappa shape index (κ1) is 23.0.